The molecule has 0 amide bonds. The van der Waals surface area contributed by atoms with Gasteiger partial charge in [-0.05, 0) is 0 Å². The van der Waals surface area contributed by atoms with Crippen LogP contribution in [0.4, 0.5) is 0 Å². The third kappa shape index (κ3) is 1.42. The Morgan fingerprint density at radius 3 is 2.57 bits per heavy atom. The van der Waals surface area contributed by atoms with Crippen molar-refractivity contribution in [3.05, 3.63) is 16.6 Å². The van der Waals surface area contributed by atoms with Crippen molar-refractivity contribution in [2.75, 3.05) is 0 Å². The molecule has 1 aromatic rings. The van der Waals surface area contributed by atoms with Gasteiger partial charge in [-0.3, -0.25) is 0 Å². The molecule has 0 radical (unpaired) electrons. The van der Waals surface area contributed by atoms with Gasteiger partial charge in [-0.1, -0.05) is 0 Å². The first kappa shape index (κ1) is 5.57. The molecule has 0 N–H and O–H groups in total. The van der Waals surface area contributed by atoms with Crippen LogP contribution >= 0.6 is 32.1 Å². The Morgan fingerprint density at radius 1 is 1.71 bits per heavy atom. The molecule has 0 aliphatic rings. The van der Waals surface area contributed by atoms with Gasteiger partial charge in [0.15, 0.2) is 0 Å². The molecule has 7 heavy (non-hydrogen) atoms. The quantitative estimate of drug-likeness (QED) is 0.630. The molecule has 0 saturated carbocycles. The number of hydrogen-bond donors (Lipinski definition) is 0. The number of hydrogen-bond acceptors (Lipinski definition) is 0. The Labute approximate surface area is 59.4 Å². The molecule has 0 saturated heterocycles. The summed E-state index contributed by atoms with van der Waals surface area (Å²) >= 11 is 6.50. The average Bonchev–Trinajstić information content (AvgIpc) is 1.87. The number of nitrogens with zero attached hydrogens (tertiary/aromatic N) is 1. The monoisotopic (exact) mass is 221 g/mol. The van der Waals surface area contributed by atoms with E-state index in [9.17, 15) is 0 Å². The van der Waals surface area contributed by atoms with E-state index >= 15 is 0 Å². The molecule has 0 unspecified atom stereocenters. The minimum atomic E-state index is 1.09. The van der Waals surface area contributed by atoms with Gasteiger partial charge in [-0.2, -0.15) is 0 Å². The Morgan fingerprint density at radius 2 is 2.43 bits per heavy atom. The molecule has 1 nitrogen and oxygen atoms in total. The summed E-state index contributed by atoms with van der Waals surface area (Å²) in [5.74, 6) is 0. The number of halogens is 2. The number of rotatable bonds is 0. The fourth-order valence-corrected chi connectivity index (χ4v) is 1.30. The zero-order chi connectivity index (χ0) is 5.28. The summed E-state index contributed by atoms with van der Waals surface area (Å²) in [7, 11) is 1.92. The van der Waals surface area contributed by atoms with Gasteiger partial charge in [0.2, 0.25) is 0 Å². The van der Waals surface area contributed by atoms with Crippen LogP contribution in [0.5, 0.6) is 0 Å². The average molecular weight is 223 g/mol. The van der Waals surface area contributed by atoms with Crippen LogP contribution in [0, 0.1) is 0 Å². The molecule has 1 rings (SSSR count). The molecular formula is C3H2BBr2N. The van der Waals surface area contributed by atoms with Crippen LogP contribution in [0.15, 0.2) is 16.6 Å². The van der Waals surface area contributed by atoms with Crippen molar-refractivity contribution in [2.24, 2.45) is 0 Å². The van der Waals surface area contributed by atoms with Crippen molar-refractivity contribution >= 4 is 39.1 Å². The molecule has 0 aliphatic heterocycles. The molecule has 0 spiro atoms. The van der Waals surface area contributed by atoms with E-state index in [4.69, 9.17) is 0 Å². The van der Waals surface area contributed by atoms with Gasteiger partial charge in [0.1, 0.15) is 0 Å². The third-order valence-corrected chi connectivity index (χ3v) is 1.53. The van der Waals surface area contributed by atoms with Gasteiger partial charge in [0.25, 0.3) is 0 Å². The summed E-state index contributed by atoms with van der Waals surface area (Å²) in [6.45, 7) is 0. The van der Waals surface area contributed by atoms with Gasteiger partial charge >= 0.3 is 59.3 Å². The van der Waals surface area contributed by atoms with E-state index < -0.39 is 0 Å². The maximum atomic E-state index is 3.28. The fraction of sp³-hybridized carbons (Fsp3) is 0. The van der Waals surface area contributed by atoms with Crippen LogP contribution in [0.3, 0.4) is 0 Å². The van der Waals surface area contributed by atoms with E-state index in [0.29, 0.717) is 0 Å². The van der Waals surface area contributed by atoms with Gasteiger partial charge in [-0.15, -0.1) is 0 Å². The second kappa shape index (κ2) is 2.14. The molecule has 36 valence electrons. The van der Waals surface area contributed by atoms with Crippen molar-refractivity contribution in [2.45, 2.75) is 0 Å². The van der Waals surface area contributed by atoms with Crippen molar-refractivity contribution in [1.29, 1.82) is 0 Å². The maximum absolute atomic E-state index is 3.28. The summed E-state index contributed by atoms with van der Waals surface area (Å²) in [6.07, 6.45) is 1.91. The fourth-order valence-electron chi connectivity index (χ4n) is 0.346. The normalized spacial score (nSPS) is 8.86. The van der Waals surface area contributed by atoms with E-state index in [0.717, 1.165) is 4.37 Å². The second-order valence-corrected chi connectivity index (χ2v) is 2.91. The summed E-state index contributed by atoms with van der Waals surface area (Å²) in [4.78, 5) is 0. The van der Waals surface area contributed by atoms with E-state index in [1.807, 2.05) is 19.3 Å². The first-order chi connectivity index (χ1) is 3.29. The Bertz CT molecular complexity index is 145. The van der Waals surface area contributed by atoms with Crippen LogP contribution in [-0.4, -0.2) is 10.6 Å². The summed E-state index contributed by atoms with van der Waals surface area (Å²) in [5.41, 5.74) is 0. The van der Waals surface area contributed by atoms with Crippen molar-refractivity contribution in [3.8, 4) is 0 Å². The Kier molecular flexibility index (Phi) is 1.70. The van der Waals surface area contributed by atoms with Crippen molar-refractivity contribution in [3.63, 3.8) is 0 Å². The Balaban J connectivity index is 3.04. The van der Waals surface area contributed by atoms with Crippen LogP contribution < -0.4 is 0 Å². The molecular weight excluding hydrogens is 221 g/mol. The molecule has 0 aromatic carbocycles. The minimum absolute atomic E-state index is 1.09. The van der Waals surface area contributed by atoms with Crippen LogP contribution in [0.1, 0.15) is 0 Å². The third-order valence-electron chi connectivity index (χ3n) is 0.623. The molecule has 0 atom stereocenters. The van der Waals surface area contributed by atoms with E-state index in [1.54, 1.807) is 3.50 Å². The standard InChI is InChI=1S/C3H2BBr2N/c5-3-1-2-7(6)4-3/h1-2H. The van der Waals surface area contributed by atoms with Crippen molar-refractivity contribution < 1.29 is 0 Å². The van der Waals surface area contributed by atoms with Gasteiger partial charge < -0.3 is 0 Å². The molecule has 1 aromatic heterocycles. The zero-order valence-corrected chi connectivity index (χ0v) is 6.61. The summed E-state index contributed by atoms with van der Waals surface area (Å²) in [5, 5.41) is 0. The van der Waals surface area contributed by atoms with Gasteiger partial charge in [-0.25, -0.2) is 0 Å². The van der Waals surface area contributed by atoms with E-state index in [-0.39, 0.29) is 0 Å². The molecule has 0 bridgehead atoms. The number of aromatic nitrogens is 1. The SMILES string of the molecule is Brc1bn(Br)cc1. The zero-order valence-electron chi connectivity index (χ0n) is 3.44. The first-order valence-corrected chi connectivity index (χ1v) is 3.29. The van der Waals surface area contributed by atoms with E-state index in [1.165, 1.54) is 0 Å². The first-order valence-electron chi connectivity index (χ1n) is 1.79. The molecule has 0 fully saturated rings. The topological polar surface area (TPSA) is 4.93 Å². The second-order valence-electron chi connectivity index (χ2n) is 1.17. The summed E-state index contributed by atoms with van der Waals surface area (Å²) in [6, 6.07) is 1.95. The predicted molar refractivity (Wildman–Crippen MR) is 37.8 cm³/mol. The molecule has 4 heteroatoms. The summed E-state index contributed by atoms with van der Waals surface area (Å²) < 4.78 is 2.89. The van der Waals surface area contributed by atoms with E-state index in [2.05, 4.69) is 32.1 Å². The van der Waals surface area contributed by atoms with Gasteiger partial charge in [0, 0.05) is 0 Å². The van der Waals surface area contributed by atoms with Gasteiger partial charge in [0.05, 0.1) is 0 Å². The van der Waals surface area contributed by atoms with Crippen LogP contribution in [-0.2, 0) is 0 Å². The van der Waals surface area contributed by atoms with Crippen LogP contribution in [0.25, 0.3) is 0 Å². The Hall–Kier alpha value is 0.435. The molecule has 0 aliphatic carbocycles. The van der Waals surface area contributed by atoms with Crippen molar-refractivity contribution in [1.82, 2.24) is 3.50 Å². The predicted octanol–water partition coefficient (Wildman–Crippen LogP) is 1.75. The molecule has 1 heterocycles. The van der Waals surface area contributed by atoms with Crippen LogP contribution in [0.2, 0.25) is 0 Å².